The van der Waals surface area contributed by atoms with E-state index in [1.54, 1.807) is 11.9 Å². The molecule has 0 N–H and O–H groups in total. The molecule has 0 aliphatic heterocycles. The van der Waals surface area contributed by atoms with Crippen LogP contribution in [0.25, 0.3) is 11.5 Å². The van der Waals surface area contributed by atoms with E-state index in [2.05, 4.69) is 10.2 Å². The Morgan fingerprint density at radius 2 is 1.84 bits per heavy atom. The number of nitrogens with zero attached hydrogens (tertiary/aromatic N) is 3. The van der Waals surface area contributed by atoms with E-state index in [0.717, 1.165) is 11.1 Å². The van der Waals surface area contributed by atoms with Gasteiger partial charge in [0.25, 0.3) is 5.22 Å². The number of hydrogen-bond donors (Lipinski definition) is 0. The summed E-state index contributed by atoms with van der Waals surface area (Å²) in [6, 6.07) is 17.0. The highest BCUT2D eigenvalue weighted by Crippen LogP contribution is 2.23. The molecule has 1 aromatic heterocycles. The van der Waals surface area contributed by atoms with Crippen molar-refractivity contribution in [2.75, 3.05) is 12.8 Å². The Bertz CT molecular complexity index is 837. The average Bonchev–Trinajstić information content (AvgIpc) is 3.11. The Labute approximate surface area is 155 Å². The maximum atomic E-state index is 12.3. The van der Waals surface area contributed by atoms with Crippen LogP contribution in [-0.2, 0) is 11.3 Å². The summed E-state index contributed by atoms with van der Waals surface area (Å²) >= 11 is 7.10. The van der Waals surface area contributed by atoms with Crippen molar-refractivity contribution >= 4 is 29.3 Å². The molecule has 3 aromatic rings. The van der Waals surface area contributed by atoms with Crippen LogP contribution in [0.4, 0.5) is 0 Å². The van der Waals surface area contributed by atoms with Gasteiger partial charge in [0.1, 0.15) is 0 Å². The van der Waals surface area contributed by atoms with Crippen molar-refractivity contribution in [3.05, 3.63) is 65.2 Å². The van der Waals surface area contributed by atoms with Crippen molar-refractivity contribution in [1.29, 1.82) is 0 Å². The third-order valence-corrected chi connectivity index (χ3v) is 4.56. The van der Waals surface area contributed by atoms with Crippen LogP contribution in [0.2, 0.25) is 5.02 Å². The van der Waals surface area contributed by atoms with Crippen molar-refractivity contribution < 1.29 is 9.21 Å². The molecule has 0 saturated carbocycles. The van der Waals surface area contributed by atoms with Crippen molar-refractivity contribution in [2.45, 2.75) is 11.8 Å². The molecule has 3 rings (SSSR count). The Morgan fingerprint density at radius 3 is 2.56 bits per heavy atom. The van der Waals surface area contributed by atoms with Gasteiger partial charge in [0, 0.05) is 24.2 Å². The second-order valence-corrected chi connectivity index (χ2v) is 6.77. The first-order chi connectivity index (χ1) is 12.1. The highest BCUT2D eigenvalue weighted by molar-refractivity contribution is 7.99. The molecule has 25 heavy (non-hydrogen) atoms. The Hall–Kier alpha value is -2.31. The van der Waals surface area contributed by atoms with Gasteiger partial charge in [0.15, 0.2) is 0 Å². The zero-order valence-corrected chi connectivity index (χ0v) is 15.1. The van der Waals surface area contributed by atoms with E-state index in [-0.39, 0.29) is 11.7 Å². The number of carbonyl (C=O) groups is 1. The van der Waals surface area contributed by atoms with Crippen LogP contribution < -0.4 is 0 Å². The van der Waals surface area contributed by atoms with E-state index >= 15 is 0 Å². The van der Waals surface area contributed by atoms with Gasteiger partial charge in [0.05, 0.1) is 5.75 Å². The third-order valence-electron chi connectivity index (χ3n) is 3.51. The fraction of sp³-hybridized carbons (Fsp3) is 0.167. The number of aromatic nitrogens is 2. The molecule has 0 aliphatic rings. The van der Waals surface area contributed by atoms with Crippen molar-refractivity contribution in [2.24, 2.45) is 0 Å². The summed E-state index contributed by atoms with van der Waals surface area (Å²) < 4.78 is 5.59. The number of thioether (sulfide) groups is 1. The molecule has 2 aromatic carbocycles. The van der Waals surface area contributed by atoms with Crippen LogP contribution in [-0.4, -0.2) is 33.8 Å². The van der Waals surface area contributed by atoms with Gasteiger partial charge >= 0.3 is 0 Å². The van der Waals surface area contributed by atoms with Crippen molar-refractivity contribution in [1.82, 2.24) is 15.1 Å². The Kier molecular flexibility index (Phi) is 5.73. The predicted molar refractivity (Wildman–Crippen MR) is 98.4 cm³/mol. The Balaban J connectivity index is 1.53. The zero-order chi connectivity index (χ0) is 17.6. The predicted octanol–water partition coefficient (Wildman–Crippen LogP) is 4.14. The molecule has 1 heterocycles. The average molecular weight is 374 g/mol. The Morgan fingerprint density at radius 1 is 1.12 bits per heavy atom. The first kappa shape index (κ1) is 17.5. The van der Waals surface area contributed by atoms with Gasteiger partial charge < -0.3 is 9.32 Å². The maximum Gasteiger partial charge on any atom is 0.277 e. The lowest BCUT2D eigenvalue weighted by Gasteiger charge is -2.16. The minimum absolute atomic E-state index is 0.0144. The smallest absolute Gasteiger partial charge is 0.277 e. The van der Waals surface area contributed by atoms with Gasteiger partial charge in [-0.1, -0.05) is 53.7 Å². The summed E-state index contributed by atoms with van der Waals surface area (Å²) in [6.07, 6.45) is 0. The lowest BCUT2D eigenvalue weighted by molar-refractivity contribution is -0.127. The van der Waals surface area contributed by atoms with Crippen LogP contribution >= 0.6 is 23.4 Å². The number of rotatable bonds is 6. The molecular weight excluding hydrogens is 358 g/mol. The number of hydrogen-bond acceptors (Lipinski definition) is 5. The third kappa shape index (κ3) is 4.84. The largest absolute Gasteiger partial charge is 0.411 e. The van der Waals surface area contributed by atoms with Crippen LogP contribution in [0, 0.1) is 0 Å². The summed E-state index contributed by atoms with van der Waals surface area (Å²) in [7, 11) is 1.76. The van der Waals surface area contributed by atoms with E-state index in [1.807, 2.05) is 54.6 Å². The van der Waals surface area contributed by atoms with E-state index in [1.165, 1.54) is 11.8 Å². The quantitative estimate of drug-likeness (QED) is 0.608. The molecule has 0 bridgehead atoms. The van der Waals surface area contributed by atoms with E-state index in [9.17, 15) is 4.79 Å². The number of carbonyl (C=O) groups excluding carboxylic acids is 1. The summed E-state index contributed by atoms with van der Waals surface area (Å²) in [6.45, 7) is 0.523. The maximum absolute atomic E-state index is 12.3. The van der Waals surface area contributed by atoms with Crippen LogP contribution in [0.1, 0.15) is 5.56 Å². The molecule has 0 atom stereocenters. The second-order valence-electron chi connectivity index (χ2n) is 5.40. The summed E-state index contributed by atoms with van der Waals surface area (Å²) in [5.74, 6) is 0.671. The lowest BCUT2D eigenvalue weighted by Crippen LogP contribution is -2.27. The van der Waals surface area contributed by atoms with Crippen molar-refractivity contribution in [3.63, 3.8) is 0 Å². The lowest BCUT2D eigenvalue weighted by atomic mass is 10.2. The minimum atomic E-state index is -0.0144. The van der Waals surface area contributed by atoms with E-state index in [0.29, 0.717) is 22.7 Å². The normalized spacial score (nSPS) is 10.6. The minimum Gasteiger partial charge on any atom is -0.411 e. The molecule has 0 radical (unpaired) electrons. The topological polar surface area (TPSA) is 59.2 Å². The van der Waals surface area contributed by atoms with Gasteiger partial charge in [-0.05, 0) is 29.8 Å². The van der Waals surface area contributed by atoms with Gasteiger partial charge in [-0.15, -0.1) is 10.2 Å². The standard InChI is InChI=1S/C18H16ClN3O2S/c1-22(11-13-7-9-15(19)10-8-13)16(23)12-25-18-21-20-17(24-18)14-5-3-2-4-6-14/h2-10H,11-12H2,1H3. The number of halogens is 1. The number of benzene rings is 2. The SMILES string of the molecule is CN(Cc1ccc(Cl)cc1)C(=O)CSc1nnc(-c2ccccc2)o1. The van der Waals surface area contributed by atoms with Gasteiger partial charge in [-0.3, -0.25) is 4.79 Å². The van der Waals surface area contributed by atoms with Gasteiger partial charge in [-0.25, -0.2) is 0 Å². The van der Waals surface area contributed by atoms with Crippen LogP contribution in [0.3, 0.4) is 0 Å². The molecule has 5 nitrogen and oxygen atoms in total. The molecule has 0 aliphatic carbocycles. The molecule has 1 amide bonds. The van der Waals surface area contributed by atoms with Crippen molar-refractivity contribution in [3.8, 4) is 11.5 Å². The van der Waals surface area contributed by atoms with E-state index in [4.69, 9.17) is 16.0 Å². The molecule has 0 unspecified atom stereocenters. The highest BCUT2D eigenvalue weighted by Gasteiger charge is 2.14. The van der Waals surface area contributed by atoms with Crippen LogP contribution in [0.5, 0.6) is 0 Å². The van der Waals surface area contributed by atoms with Crippen LogP contribution in [0.15, 0.2) is 64.2 Å². The summed E-state index contributed by atoms with van der Waals surface area (Å²) in [4.78, 5) is 13.9. The second kappa shape index (κ2) is 8.18. The number of amides is 1. The fourth-order valence-corrected chi connectivity index (χ4v) is 2.98. The summed E-state index contributed by atoms with van der Waals surface area (Å²) in [5.41, 5.74) is 1.88. The highest BCUT2D eigenvalue weighted by atomic mass is 35.5. The molecule has 7 heteroatoms. The monoisotopic (exact) mass is 373 g/mol. The van der Waals surface area contributed by atoms with Gasteiger partial charge in [0.2, 0.25) is 11.8 Å². The molecule has 128 valence electrons. The first-order valence-corrected chi connectivity index (χ1v) is 8.98. The van der Waals surface area contributed by atoms with E-state index < -0.39 is 0 Å². The van der Waals surface area contributed by atoms with Gasteiger partial charge in [-0.2, -0.15) is 0 Å². The fourth-order valence-electron chi connectivity index (χ4n) is 2.15. The first-order valence-electron chi connectivity index (χ1n) is 7.62. The molecule has 0 fully saturated rings. The molecular formula is C18H16ClN3O2S. The zero-order valence-electron chi connectivity index (χ0n) is 13.6. The molecule has 0 spiro atoms. The summed E-state index contributed by atoms with van der Waals surface area (Å²) in [5, 5.41) is 9.05. The molecule has 0 saturated heterocycles.